The highest BCUT2D eigenvalue weighted by atomic mass is 19.1. The maximum absolute atomic E-state index is 13.3. The van der Waals surface area contributed by atoms with Gasteiger partial charge in [0.1, 0.15) is 11.6 Å². The van der Waals surface area contributed by atoms with Crippen molar-refractivity contribution in [3.63, 3.8) is 0 Å². The van der Waals surface area contributed by atoms with E-state index in [9.17, 15) is 18.4 Å². The van der Waals surface area contributed by atoms with Gasteiger partial charge in [0, 0.05) is 56.0 Å². The molecule has 1 aromatic carbocycles. The van der Waals surface area contributed by atoms with Crippen molar-refractivity contribution in [1.29, 1.82) is 0 Å². The molecule has 2 fully saturated rings. The van der Waals surface area contributed by atoms with Gasteiger partial charge in [0.15, 0.2) is 0 Å². The number of hydrogen-bond acceptors (Lipinski definition) is 3. The fourth-order valence-electron chi connectivity index (χ4n) is 4.37. The number of likely N-dealkylation sites (tertiary alicyclic amines) is 1. The van der Waals surface area contributed by atoms with Crippen molar-refractivity contribution in [3.8, 4) is 0 Å². The molecule has 0 radical (unpaired) electrons. The van der Waals surface area contributed by atoms with E-state index >= 15 is 0 Å². The molecule has 2 aliphatic rings. The van der Waals surface area contributed by atoms with Crippen LogP contribution in [-0.2, 0) is 16.0 Å². The molecule has 2 aromatic rings. The molecule has 2 heterocycles. The smallest absolute Gasteiger partial charge is 0.246 e. The third-order valence-corrected chi connectivity index (χ3v) is 6.29. The Morgan fingerprint density at radius 2 is 1.90 bits per heavy atom. The van der Waals surface area contributed by atoms with Gasteiger partial charge in [-0.1, -0.05) is 6.07 Å². The molecule has 2 amide bonds. The van der Waals surface area contributed by atoms with E-state index in [1.807, 2.05) is 18.2 Å². The lowest BCUT2D eigenvalue weighted by Crippen LogP contribution is -2.40. The fraction of sp³-hybridized carbons (Fsp3) is 0.375. The van der Waals surface area contributed by atoms with Crippen molar-refractivity contribution in [2.45, 2.75) is 25.7 Å². The second-order valence-electron chi connectivity index (χ2n) is 8.34. The summed E-state index contributed by atoms with van der Waals surface area (Å²) in [7, 11) is 0. The summed E-state index contributed by atoms with van der Waals surface area (Å²) in [5.74, 6) is -1.44. The third-order valence-electron chi connectivity index (χ3n) is 6.29. The number of piperidine rings is 1. The number of carbonyl (C=O) groups excluding carboxylic acids is 2. The van der Waals surface area contributed by atoms with Gasteiger partial charge in [0.05, 0.1) is 0 Å². The maximum atomic E-state index is 13.3. The van der Waals surface area contributed by atoms with Crippen LogP contribution in [0.3, 0.4) is 0 Å². The summed E-state index contributed by atoms with van der Waals surface area (Å²) in [4.78, 5) is 30.9. The van der Waals surface area contributed by atoms with E-state index in [1.165, 1.54) is 24.3 Å². The van der Waals surface area contributed by atoms with Crippen LogP contribution in [0.4, 0.5) is 8.78 Å². The van der Waals surface area contributed by atoms with Crippen molar-refractivity contribution in [1.82, 2.24) is 15.2 Å². The fourth-order valence-corrected chi connectivity index (χ4v) is 4.37. The van der Waals surface area contributed by atoms with Crippen LogP contribution in [0.25, 0.3) is 6.08 Å². The minimum Gasteiger partial charge on any atom is -0.355 e. The number of benzene rings is 1. The molecule has 1 N–H and O–H groups in total. The van der Waals surface area contributed by atoms with E-state index in [-0.39, 0.29) is 23.1 Å². The highest BCUT2D eigenvalue weighted by Crippen LogP contribution is 2.59. The summed E-state index contributed by atoms with van der Waals surface area (Å²) in [5.41, 5.74) is 1.26. The Bertz CT molecular complexity index is 965. The van der Waals surface area contributed by atoms with Crippen molar-refractivity contribution in [2.24, 2.45) is 11.3 Å². The van der Waals surface area contributed by atoms with Gasteiger partial charge in [-0.05, 0) is 60.6 Å². The predicted molar refractivity (Wildman–Crippen MR) is 113 cm³/mol. The molecule has 1 saturated heterocycles. The summed E-state index contributed by atoms with van der Waals surface area (Å²) >= 11 is 0. The number of pyridine rings is 1. The van der Waals surface area contributed by atoms with Crippen molar-refractivity contribution < 1.29 is 18.4 Å². The Balaban J connectivity index is 1.22. The summed E-state index contributed by atoms with van der Waals surface area (Å²) < 4.78 is 26.5. The topological polar surface area (TPSA) is 62.3 Å². The zero-order valence-electron chi connectivity index (χ0n) is 17.2. The van der Waals surface area contributed by atoms with Gasteiger partial charge in [-0.2, -0.15) is 0 Å². The Morgan fingerprint density at radius 3 is 2.58 bits per heavy atom. The number of hydrogen-bond donors (Lipinski definition) is 1. The van der Waals surface area contributed by atoms with Crippen LogP contribution in [0.2, 0.25) is 0 Å². The molecule has 1 aromatic heterocycles. The molecule has 31 heavy (non-hydrogen) atoms. The SMILES string of the molecule is O=C(NCCc1ccccn1)[C@@H]1CC12CCN(C(=O)/C=C/c1cc(F)cc(F)c1)CC2. The Morgan fingerprint density at radius 1 is 1.16 bits per heavy atom. The average molecular weight is 425 g/mol. The van der Waals surface area contributed by atoms with Gasteiger partial charge in [0.25, 0.3) is 0 Å². The van der Waals surface area contributed by atoms with E-state index in [4.69, 9.17) is 0 Å². The number of nitrogens with one attached hydrogen (secondary N) is 1. The summed E-state index contributed by atoms with van der Waals surface area (Å²) in [6.07, 6.45) is 7.67. The second-order valence-corrected chi connectivity index (χ2v) is 8.34. The quantitative estimate of drug-likeness (QED) is 0.722. The van der Waals surface area contributed by atoms with Crippen molar-refractivity contribution >= 4 is 17.9 Å². The zero-order valence-corrected chi connectivity index (χ0v) is 17.2. The molecule has 4 rings (SSSR count). The molecule has 1 aliphatic heterocycles. The average Bonchev–Trinajstić information content (AvgIpc) is 3.46. The number of rotatable bonds is 6. The van der Waals surface area contributed by atoms with Crippen LogP contribution in [0.15, 0.2) is 48.7 Å². The minimum atomic E-state index is -0.676. The van der Waals surface area contributed by atoms with Crippen LogP contribution >= 0.6 is 0 Å². The first-order valence-electron chi connectivity index (χ1n) is 10.6. The summed E-state index contributed by atoms with van der Waals surface area (Å²) in [6.45, 7) is 1.73. The molecule has 5 nitrogen and oxygen atoms in total. The zero-order chi connectivity index (χ0) is 21.8. The molecule has 1 saturated carbocycles. The molecule has 1 atom stereocenters. The molecule has 1 spiro atoms. The van der Waals surface area contributed by atoms with E-state index in [1.54, 1.807) is 11.1 Å². The van der Waals surface area contributed by atoms with Gasteiger partial charge in [-0.25, -0.2) is 8.78 Å². The number of amides is 2. The molecule has 0 unspecified atom stereocenters. The van der Waals surface area contributed by atoms with E-state index in [0.29, 0.717) is 31.6 Å². The molecule has 162 valence electrons. The molecule has 0 bridgehead atoms. The van der Waals surface area contributed by atoms with Crippen molar-refractivity contribution in [2.75, 3.05) is 19.6 Å². The Hall–Kier alpha value is -3.09. The Labute approximate surface area is 180 Å². The molecular formula is C24H25F2N3O2. The monoisotopic (exact) mass is 425 g/mol. The minimum absolute atomic E-state index is 0.00125. The number of nitrogens with zero attached hydrogens (tertiary/aromatic N) is 2. The number of halogens is 2. The molecule has 7 heteroatoms. The highest BCUT2D eigenvalue weighted by molar-refractivity contribution is 5.92. The highest BCUT2D eigenvalue weighted by Gasteiger charge is 2.58. The Kier molecular flexibility index (Phi) is 6.11. The van der Waals surface area contributed by atoms with Crippen LogP contribution in [-0.4, -0.2) is 41.3 Å². The number of carbonyl (C=O) groups is 2. The molecule has 1 aliphatic carbocycles. The second kappa shape index (κ2) is 8.96. The third kappa shape index (κ3) is 5.16. The standard InChI is InChI=1S/C24H25F2N3O2/c25-18-13-17(14-19(26)15-18)4-5-22(30)29-11-7-24(8-12-29)16-21(24)23(31)28-10-6-20-3-1-2-9-27-20/h1-5,9,13-15,21H,6-8,10-12,16H2,(H,28,31)/b5-4+/t21-/m0/s1. The first kappa shape index (κ1) is 21.2. The first-order valence-corrected chi connectivity index (χ1v) is 10.6. The lowest BCUT2D eigenvalue weighted by molar-refractivity contribution is -0.127. The summed E-state index contributed by atoms with van der Waals surface area (Å²) in [5, 5.41) is 3.01. The number of aromatic nitrogens is 1. The van der Waals surface area contributed by atoms with Gasteiger partial charge >= 0.3 is 0 Å². The maximum Gasteiger partial charge on any atom is 0.246 e. The lowest BCUT2D eigenvalue weighted by Gasteiger charge is -2.32. The van der Waals surface area contributed by atoms with Crippen LogP contribution in [0, 0.1) is 23.0 Å². The normalized spacial score (nSPS) is 19.5. The van der Waals surface area contributed by atoms with Gasteiger partial charge < -0.3 is 10.2 Å². The van der Waals surface area contributed by atoms with E-state index in [2.05, 4.69) is 10.3 Å². The van der Waals surface area contributed by atoms with Crippen LogP contribution in [0.5, 0.6) is 0 Å². The van der Waals surface area contributed by atoms with Gasteiger partial charge in [0.2, 0.25) is 11.8 Å². The largest absolute Gasteiger partial charge is 0.355 e. The van der Waals surface area contributed by atoms with Crippen LogP contribution < -0.4 is 5.32 Å². The van der Waals surface area contributed by atoms with Crippen LogP contribution in [0.1, 0.15) is 30.5 Å². The van der Waals surface area contributed by atoms with Gasteiger partial charge in [-0.15, -0.1) is 0 Å². The lowest BCUT2D eigenvalue weighted by atomic mass is 9.90. The van der Waals surface area contributed by atoms with Crippen molar-refractivity contribution in [3.05, 3.63) is 71.6 Å². The predicted octanol–water partition coefficient (Wildman–Crippen LogP) is 3.36. The molecular weight excluding hydrogens is 400 g/mol. The van der Waals surface area contributed by atoms with E-state index < -0.39 is 11.6 Å². The summed E-state index contributed by atoms with van der Waals surface area (Å²) in [6, 6.07) is 8.89. The van der Waals surface area contributed by atoms with E-state index in [0.717, 1.165) is 31.0 Å². The van der Waals surface area contributed by atoms with Gasteiger partial charge in [-0.3, -0.25) is 14.6 Å². The first-order chi connectivity index (χ1) is 14.9.